The summed E-state index contributed by atoms with van der Waals surface area (Å²) in [7, 11) is 0. The fourth-order valence-electron chi connectivity index (χ4n) is 1.13. The Balaban J connectivity index is 0. The maximum atomic E-state index is 10.7. The van der Waals surface area contributed by atoms with Crippen LogP contribution in [0.3, 0.4) is 0 Å². The van der Waals surface area contributed by atoms with Crippen molar-refractivity contribution in [2.24, 2.45) is 5.92 Å². The molecule has 3 nitrogen and oxygen atoms in total. The summed E-state index contributed by atoms with van der Waals surface area (Å²) in [5.41, 5.74) is 0. The Kier molecular flexibility index (Phi) is 12.9. The summed E-state index contributed by atoms with van der Waals surface area (Å²) in [6, 6.07) is 0.177. The third kappa shape index (κ3) is 9.49. The first kappa shape index (κ1) is 17.3. The van der Waals surface area contributed by atoms with Crippen molar-refractivity contribution in [2.45, 2.75) is 33.2 Å². The van der Waals surface area contributed by atoms with E-state index < -0.39 is 0 Å². The van der Waals surface area contributed by atoms with Gasteiger partial charge in [-0.15, -0.1) is 0 Å². The molecule has 1 amide bonds. The summed E-state index contributed by atoms with van der Waals surface area (Å²) in [5.74, 6) is 0.210. The van der Waals surface area contributed by atoms with Crippen LogP contribution in [0.25, 0.3) is 0 Å². The van der Waals surface area contributed by atoms with Gasteiger partial charge in [0.25, 0.3) is 0 Å². The van der Waals surface area contributed by atoms with Crippen LogP contribution in [0.2, 0.25) is 0 Å². The van der Waals surface area contributed by atoms with Crippen molar-refractivity contribution in [2.75, 3.05) is 13.2 Å². The molecule has 78 valence electrons. The predicted molar refractivity (Wildman–Crippen MR) is 53.2 cm³/mol. The average molecular weight is 225 g/mol. The van der Waals surface area contributed by atoms with Crippen LogP contribution in [-0.4, -0.2) is 25.2 Å². The molecule has 0 aromatic heterocycles. The number of carbonyl (C=O) groups excluding carboxylic acids is 1. The summed E-state index contributed by atoms with van der Waals surface area (Å²) < 4.78 is 5.22. The van der Waals surface area contributed by atoms with Gasteiger partial charge in [0.05, 0.1) is 5.91 Å². The smallest absolute Gasteiger partial charge is 0.382 e. The molecular formula is C10H20KNO2. The fourth-order valence-corrected chi connectivity index (χ4v) is 1.13. The van der Waals surface area contributed by atoms with E-state index in [9.17, 15) is 4.79 Å². The van der Waals surface area contributed by atoms with E-state index in [-0.39, 0.29) is 63.3 Å². The van der Waals surface area contributed by atoms with Gasteiger partial charge in [0.1, 0.15) is 0 Å². The van der Waals surface area contributed by atoms with Gasteiger partial charge in [0, 0.05) is 19.3 Å². The van der Waals surface area contributed by atoms with E-state index in [1.54, 1.807) is 0 Å². The number of amides is 1. The summed E-state index contributed by atoms with van der Waals surface area (Å²) in [6.07, 6.45) is 0.854. The van der Waals surface area contributed by atoms with E-state index in [1.807, 2.05) is 6.92 Å². The first-order valence-corrected chi connectivity index (χ1v) is 4.78. The zero-order valence-electron chi connectivity index (χ0n) is 9.80. The second-order valence-corrected chi connectivity index (χ2v) is 3.40. The SMILES string of the molecule is [CH2-]C(=O)NC(CCOCC)C(C)C.[K+]. The number of ether oxygens (including phenoxy) is 1. The van der Waals surface area contributed by atoms with E-state index in [0.717, 1.165) is 13.0 Å². The summed E-state index contributed by atoms with van der Waals surface area (Å²) in [6.45, 7) is 10.8. The zero-order chi connectivity index (χ0) is 10.3. The summed E-state index contributed by atoms with van der Waals surface area (Å²) in [4.78, 5) is 10.7. The first-order chi connectivity index (χ1) is 6.07. The minimum atomic E-state index is -0.213. The van der Waals surface area contributed by atoms with Gasteiger partial charge in [-0.25, -0.2) is 0 Å². The van der Waals surface area contributed by atoms with Gasteiger partial charge in [-0.2, -0.15) is 0 Å². The normalized spacial score (nSPS) is 12.0. The molecule has 0 heterocycles. The van der Waals surface area contributed by atoms with Crippen molar-refractivity contribution in [1.29, 1.82) is 0 Å². The van der Waals surface area contributed by atoms with Crippen LogP contribution in [0.15, 0.2) is 0 Å². The molecule has 0 radical (unpaired) electrons. The van der Waals surface area contributed by atoms with E-state index in [2.05, 4.69) is 26.1 Å². The fraction of sp³-hybridized carbons (Fsp3) is 0.800. The Morgan fingerprint density at radius 1 is 1.50 bits per heavy atom. The molecule has 0 saturated carbocycles. The Labute approximate surface area is 130 Å². The molecule has 0 aromatic carbocycles. The maximum absolute atomic E-state index is 10.7. The van der Waals surface area contributed by atoms with E-state index in [4.69, 9.17) is 4.74 Å². The largest absolute Gasteiger partial charge is 1.00 e. The molecule has 1 atom stereocenters. The Bertz CT molecular complexity index is 151. The third-order valence-electron chi connectivity index (χ3n) is 1.93. The minimum Gasteiger partial charge on any atom is -0.382 e. The minimum absolute atomic E-state index is 0. The number of nitrogens with one attached hydrogen (secondary N) is 1. The molecule has 0 spiro atoms. The molecule has 0 fully saturated rings. The molecule has 14 heavy (non-hydrogen) atoms. The Morgan fingerprint density at radius 2 is 2.07 bits per heavy atom. The molecule has 0 aliphatic heterocycles. The van der Waals surface area contributed by atoms with Gasteiger partial charge in [-0.05, 0) is 19.3 Å². The van der Waals surface area contributed by atoms with Crippen LogP contribution in [0.5, 0.6) is 0 Å². The number of carbonyl (C=O) groups is 1. The molecule has 1 unspecified atom stereocenters. The molecule has 1 N–H and O–H groups in total. The Morgan fingerprint density at radius 3 is 2.43 bits per heavy atom. The van der Waals surface area contributed by atoms with Crippen molar-refractivity contribution in [3.8, 4) is 0 Å². The van der Waals surface area contributed by atoms with Gasteiger partial charge in [-0.3, -0.25) is 0 Å². The Hall–Kier alpha value is 0.936. The number of rotatable bonds is 6. The van der Waals surface area contributed by atoms with Crippen LogP contribution in [0.4, 0.5) is 0 Å². The van der Waals surface area contributed by atoms with Gasteiger partial charge < -0.3 is 21.8 Å². The summed E-state index contributed by atoms with van der Waals surface area (Å²) >= 11 is 0. The molecule has 0 bridgehead atoms. The second kappa shape index (κ2) is 10.5. The monoisotopic (exact) mass is 225 g/mol. The van der Waals surface area contributed by atoms with Crippen molar-refractivity contribution < 1.29 is 60.9 Å². The molecular weight excluding hydrogens is 205 g/mol. The summed E-state index contributed by atoms with van der Waals surface area (Å²) in [5, 5.41) is 2.81. The maximum Gasteiger partial charge on any atom is 1.00 e. The molecule has 4 heteroatoms. The van der Waals surface area contributed by atoms with Crippen LogP contribution in [0.1, 0.15) is 27.2 Å². The molecule has 0 aromatic rings. The van der Waals surface area contributed by atoms with E-state index in [0.29, 0.717) is 12.5 Å². The molecule has 0 aliphatic carbocycles. The zero-order valence-corrected chi connectivity index (χ0v) is 12.9. The number of hydrogen-bond donors (Lipinski definition) is 1. The van der Waals surface area contributed by atoms with Gasteiger partial charge in [0.2, 0.25) is 0 Å². The van der Waals surface area contributed by atoms with Crippen LogP contribution < -0.4 is 56.7 Å². The topological polar surface area (TPSA) is 38.3 Å². The van der Waals surface area contributed by atoms with Crippen molar-refractivity contribution in [3.63, 3.8) is 0 Å². The van der Waals surface area contributed by atoms with Crippen molar-refractivity contribution in [1.82, 2.24) is 5.32 Å². The predicted octanol–water partition coefficient (Wildman–Crippen LogP) is -1.61. The quantitative estimate of drug-likeness (QED) is 0.336. The van der Waals surface area contributed by atoms with E-state index in [1.165, 1.54) is 0 Å². The average Bonchev–Trinajstić information content (AvgIpc) is 2.02. The van der Waals surface area contributed by atoms with Crippen LogP contribution >= 0.6 is 0 Å². The second-order valence-electron chi connectivity index (χ2n) is 3.40. The van der Waals surface area contributed by atoms with Gasteiger partial charge in [-0.1, -0.05) is 13.8 Å². The first-order valence-electron chi connectivity index (χ1n) is 4.78. The van der Waals surface area contributed by atoms with E-state index >= 15 is 0 Å². The van der Waals surface area contributed by atoms with Crippen LogP contribution in [-0.2, 0) is 9.53 Å². The van der Waals surface area contributed by atoms with Crippen molar-refractivity contribution in [3.05, 3.63) is 6.92 Å². The van der Waals surface area contributed by atoms with Gasteiger partial charge in [0.15, 0.2) is 0 Å². The standard InChI is InChI=1S/C10H20NO2.K/c1-5-13-7-6-10(8(2)3)11-9(4)12;/h8,10H,4-7H2,1-3H3,(H,11,12);/q-1;+1. The molecule has 0 saturated heterocycles. The molecule has 0 aliphatic rings. The van der Waals surface area contributed by atoms with Crippen LogP contribution in [0, 0.1) is 12.8 Å². The molecule has 0 rings (SSSR count). The van der Waals surface area contributed by atoms with Crippen molar-refractivity contribution >= 4 is 5.91 Å². The van der Waals surface area contributed by atoms with Gasteiger partial charge >= 0.3 is 51.4 Å². The number of hydrogen-bond acceptors (Lipinski definition) is 2. The third-order valence-corrected chi connectivity index (χ3v) is 1.93.